The van der Waals surface area contributed by atoms with Crippen molar-refractivity contribution in [2.75, 3.05) is 13.1 Å². The number of carbonyl (C=O) groups is 1. The molecule has 2 N–H and O–H groups in total. The zero-order valence-corrected chi connectivity index (χ0v) is 12.8. The van der Waals surface area contributed by atoms with E-state index in [-0.39, 0.29) is 11.9 Å². The van der Waals surface area contributed by atoms with Crippen LogP contribution in [0.2, 0.25) is 0 Å². The molecule has 0 spiro atoms. The minimum absolute atomic E-state index is 0.0163. The maximum Gasteiger partial charge on any atom is 0.237 e. The molecule has 5 heteroatoms. The van der Waals surface area contributed by atoms with Gasteiger partial charge in [-0.2, -0.15) is 0 Å². The Hall–Kier alpha value is -0.390. The van der Waals surface area contributed by atoms with Gasteiger partial charge < -0.3 is 10.6 Å². The van der Waals surface area contributed by atoms with E-state index >= 15 is 0 Å². The summed E-state index contributed by atoms with van der Waals surface area (Å²) in [7, 11) is 0. The van der Waals surface area contributed by atoms with Gasteiger partial charge in [0.25, 0.3) is 0 Å². The van der Waals surface area contributed by atoms with Gasteiger partial charge in [-0.05, 0) is 53.9 Å². The summed E-state index contributed by atoms with van der Waals surface area (Å²) in [6, 6.07) is 4.17. The Balaban J connectivity index is 1.70. The lowest BCUT2D eigenvalue weighted by Crippen LogP contribution is -2.44. The molecular formula is C13H19BrN2OS. The fourth-order valence-electron chi connectivity index (χ4n) is 2.17. The number of nitrogens with one attached hydrogen (secondary N) is 2. The van der Waals surface area contributed by atoms with Gasteiger partial charge in [0, 0.05) is 11.4 Å². The van der Waals surface area contributed by atoms with Crippen molar-refractivity contribution in [2.45, 2.75) is 38.1 Å². The molecule has 1 amide bonds. The number of thiophene rings is 1. The van der Waals surface area contributed by atoms with Gasteiger partial charge in [-0.25, -0.2) is 0 Å². The van der Waals surface area contributed by atoms with Crippen molar-refractivity contribution >= 4 is 33.2 Å². The highest BCUT2D eigenvalue weighted by molar-refractivity contribution is 9.11. The van der Waals surface area contributed by atoms with Crippen molar-refractivity contribution in [3.05, 3.63) is 20.8 Å². The highest BCUT2D eigenvalue weighted by atomic mass is 79.9. The van der Waals surface area contributed by atoms with Crippen LogP contribution in [0.1, 0.15) is 30.6 Å². The second-order valence-corrected chi connectivity index (χ2v) is 7.15. The SMILES string of the molecule is O=C(NCCc1ccc(Br)s1)C1CCCCCN1. The van der Waals surface area contributed by atoms with Crippen molar-refractivity contribution in [3.8, 4) is 0 Å². The van der Waals surface area contributed by atoms with Crippen LogP contribution in [0, 0.1) is 0 Å². The number of hydrogen-bond acceptors (Lipinski definition) is 3. The third-order valence-electron chi connectivity index (χ3n) is 3.18. The molecule has 18 heavy (non-hydrogen) atoms. The predicted octanol–water partition coefficient (Wildman–Crippen LogP) is 2.70. The Bertz CT molecular complexity index is 386. The van der Waals surface area contributed by atoms with E-state index in [4.69, 9.17) is 0 Å². The molecule has 0 aliphatic carbocycles. The number of rotatable bonds is 4. The van der Waals surface area contributed by atoms with Crippen LogP contribution in [-0.4, -0.2) is 25.0 Å². The minimum atomic E-state index is 0.0163. The zero-order chi connectivity index (χ0) is 12.8. The van der Waals surface area contributed by atoms with Crippen LogP contribution in [0.3, 0.4) is 0 Å². The second-order valence-electron chi connectivity index (χ2n) is 4.60. The van der Waals surface area contributed by atoms with Crippen LogP contribution in [0.25, 0.3) is 0 Å². The van der Waals surface area contributed by atoms with E-state index < -0.39 is 0 Å². The molecule has 2 rings (SSSR count). The van der Waals surface area contributed by atoms with Gasteiger partial charge in [0.15, 0.2) is 0 Å². The summed E-state index contributed by atoms with van der Waals surface area (Å²) >= 11 is 5.17. The number of carbonyl (C=O) groups excluding carboxylic acids is 1. The Morgan fingerprint density at radius 1 is 1.44 bits per heavy atom. The molecule has 1 atom stereocenters. The number of hydrogen-bond donors (Lipinski definition) is 2. The van der Waals surface area contributed by atoms with Crippen molar-refractivity contribution in [3.63, 3.8) is 0 Å². The standard InChI is InChI=1S/C13H19BrN2OS/c14-12-6-5-10(18-12)7-9-16-13(17)11-4-2-1-3-8-15-11/h5-6,11,15H,1-4,7-9H2,(H,16,17). The molecule has 1 aliphatic heterocycles. The maximum atomic E-state index is 12.0. The van der Waals surface area contributed by atoms with Crippen LogP contribution >= 0.6 is 27.3 Å². The Morgan fingerprint density at radius 3 is 3.11 bits per heavy atom. The summed E-state index contributed by atoms with van der Waals surface area (Å²) in [6.45, 7) is 1.69. The zero-order valence-electron chi connectivity index (χ0n) is 10.4. The first-order valence-electron chi connectivity index (χ1n) is 6.51. The first kappa shape index (κ1) is 14.0. The van der Waals surface area contributed by atoms with E-state index in [2.05, 4.69) is 38.7 Å². The molecule has 1 aliphatic rings. The van der Waals surface area contributed by atoms with Gasteiger partial charge >= 0.3 is 0 Å². The van der Waals surface area contributed by atoms with E-state index in [9.17, 15) is 4.79 Å². The summed E-state index contributed by atoms with van der Waals surface area (Å²) < 4.78 is 1.15. The van der Waals surface area contributed by atoms with Crippen molar-refractivity contribution in [1.29, 1.82) is 0 Å². The van der Waals surface area contributed by atoms with Crippen LogP contribution in [0.4, 0.5) is 0 Å². The highest BCUT2D eigenvalue weighted by Crippen LogP contribution is 2.22. The largest absolute Gasteiger partial charge is 0.354 e. The number of halogens is 1. The monoisotopic (exact) mass is 330 g/mol. The minimum Gasteiger partial charge on any atom is -0.354 e. The molecule has 1 aromatic rings. The average molecular weight is 331 g/mol. The molecule has 3 nitrogen and oxygen atoms in total. The first-order valence-corrected chi connectivity index (χ1v) is 8.12. The quantitative estimate of drug-likeness (QED) is 0.891. The summed E-state index contributed by atoms with van der Waals surface area (Å²) in [5.41, 5.74) is 0. The molecule has 0 bridgehead atoms. The topological polar surface area (TPSA) is 41.1 Å². The predicted molar refractivity (Wildman–Crippen MR) is 79.0 cm³/mol. The Kier molecular flexibility index (Phi) is 5.66. The smallest absolute Gasteiger partial charge is 0.237 e. The molecule has 2 heterocycles. The van der Waals surface area contributed by atoms with Gasteiger partial charge in [-0.1, -0.05) is 12.8 Å². The van der Waals surface area contributed by atoms with Gasteiger partial charge in [0.1, 0.15) is 0 Å². The highest BCUT2D eigenvalue weighted by Gasteiger charge is 2.18. The lowest BCUT2D eigenvalue weighted by Gasteiger charge is -2.15. The second kappa shape index (κ2) is 7.26. The molecule has 1 aromatic heterocycles. The average Bonchev–Trinajstić information content (AvgIpc) is 2.63. The molecule has 100 valence electrons. The van der Waals surface area contributed by atoms with Crippen LogP contribution in [-0.2, 0) is 11.2 Å². The summed E-state index contributed by atoms with van der Waals surface area (Å²) in [5.74, 6) is 0.160. The molecule has 1 unspecified atom stereocenters. The summed E-state index contributed by atoms with van der Waals surface area (Å²) in [6.07, 6.45) is 5.46. The normalized spacial score (nSPS) is 20.4. The third kappa shape index (κ3) is 4.37. The van der Waals surface area contributed by atoms with Gasteiger partial charge in [0.2, 0.25) is 5.91 Å². The molecule has 0 saturated carbocycles. The Morgan fingerprint density at radius 2 is 2.33 bits per heavy atom. The van der Waals surface area contributed by atoms with Gasteiger partial charge in [0.05, 0.1) is 9.83 Å². The molecule has 1 fully saturated rings. The molecular weight excluding hydrogens is 312 g/mol. The molecule has 1 saturated heterocycles. The summed E-state index contributed by atoms with van der Waals surface area (Å²) in [4.78, 5) is 13.3. The van der Waals surface area contributed by atoms with Crippen molar-refractivity contribution in [1.82, 2.24) is 10.6 Å². The van der Waals surface area contributed by atoms with Crippen LogP contribution in [0.5, 0.6) is 0 Å². The fourth-order valence-corrected chi connectivity index (χ4v) is 3.65. The van der Waals surface area contributed by atoms with Gasteiger partial charge in [-0.15, -0.1) is 11.3 Å². The Labute approximate surface area is 120 Å². The molecule has 0 aromatic carbocycles. The van der Waals surface area contributed by atoms with E-state index in [1.807, 2.05) is 0 Å². The van der Waals surface area contributed by atoms with Crippen LogP contribution in [0.15, 0.2) is 15.9 Å². The number of amides is 1. The van der Waals surface area contributed by atoms with Crippen LogP contribution < -0.4 is 10.6 Å². The van der Waals surface area contributed by atoms with E-state index in [1.54, 1.807) is 11.3 Å². The third-order valence-corrected chi connectivity index (χ3v) is 4.86. The maximum absolute atomic E-state index is 12.0. The van der Waals surface area contributed by atoms with Gasteiger partial charge in [-0.3, -0.25) is 4.79 Å². The van der Waals surface area contributed by atoms with Crippen molar-refractivity contribution in [2.24, 2.45) is 0 Å². The van der Waals surface area contributed by atoms with E-state index in [0.717, 1.165) is 36.1 Å². The van der Waals surface area contributed by atoms with E-state index in [1.165, 1.54) is 17.7 Å². The summed E-state index contributed by atoms with van der Waals surface area (Å²) in [5, 5.41) is 6.35. The fraction of sp³-hybridized carbons (Fsp3) is 0.615. The lowest BCUT2D eigenvalue weighted by molar-refractivity contribution is -0.123. The lowest BCUT2D eigenvalue weighted by atomic mass is 10.1. The van der Waals surface area contributed by atoms with E-state index in [0.29, 0.717) is 0 Å². The van der Waals surface area contributed by atoms with Crippen molar-refractivity contribution < 1.29 is 4.79 Å². The molecule has 0 radical (unpaired) electrons. The first-order chi connectivity index (χ1) is 8.75.